The highest BCUT2D eigenvalue weighted by Gasteiger charge is 2.45. The Morgan fingerprint density at radius 2 is 1.69 bits per heavy atom. The Hall–Kier alpha value is -0.533. The van der Waals surface area contributed by atoms with Crippen LogP contribution in [0.2, 0.25) is 18.1 Å². The summed E-state index contributed by atoms with van der Waals surface area (Å²) in [5.41, 5.74) is 1.05. The van der Waals surface area contributed by atoms with Crippen LogP contribution < -0.4 is 0 Å². The summed E-state index contributed by atoms with van der Waals surface area (Å²) in [5, 5.41) is 0.0767. The molecule has 0 saturated carbocycles. The topological polar surface area (TPSA) is 63.2 Å². The van der Waals surface area contributed by atoms with Crippen molar-refractivity contribution in [3.63, 3.8) is 0 Å². The van der Waals surface area contributed by atoms with Crippen LogP contribution in [0.5, 0.6) is 0 Å². The van der Waals surface area contributed by atoms with Crippen molar-refractivity contribution < 1.29 is 27.3 Å². The Morgan fingerprint density at radius 1 is 1.10 bits per heavy atom. The molecule has 8 heteroatoms. The van der Waals surface area contributed by atoms with Gasteiger partial charge in [0.1, 0.15) is 6.10 Å². The predicted molar refractivity (Wildman–Crippen MR) is 117 cm³/mol. The number of rotatable bonds is 10. The highest BCUT2D eigenvalue weighted by molar-refractivity contribution is 7.48. The normalized spacial score (nSPS) is 21.6. The first-order chi connectivity index (χ1) is 13.5. The van der Waals surface area contributed by atoms with Gasteiger partial charge in [0.25, 0.3) is 0 Å². The van der Waals surface area contributed by atoms with Gasteiger partial charge >= 0.3 is 7.82 Å². The second-order valence-electron chi connectivity index (χ2n) is 8.64. The van der Waals surface area contributed by atoms with Crippen LogP contribution >= 0.6 is 7.82 Å². The summed E-state index contributed by atoms with van der Waals surface area (Å²) in [6.45, 7) is 15.3. The molecule has 1 saturated heterocycles. The average Bonchev–Trinajstić information content (AvgIpc) is 3.02. The van der Waals surface area contributed by atoms with Gasteiger partial charge in [-0.05, 0) is 37.5 Å². The summed E-state index contributed by atoms with van der Waals surface area (Å²) < 4.78 is 42.1. The van der Waals surface area contributed by atoms with Crippen LogP contribution in [0.15, 0.2) is 30.3 Å². The van der Waals surface area contributed by atoms with E-state index in [1.807, 2.05) is 30.3 Å². The largest absolute Gasteiger partial charge is 0.475 e. The maximum atomic E-state index is 13.0. The molecular formula is C21H36O6PSi. The third-order valence-corrected chi connectivity index (χ3v) is 11.6. The Labute approximate surface area is 177 Å². The number of hydrogen-bond acceptors (Lipinski definition) is 6. The van der Waals surface area contributed by atoms with Crippen molar-refractivity contribution in [1.82, 2.24) is 0 Å². The van der Waals surface area contributed by atoms with Crippen molar-refractivity contribution >= 4 is 16.1 Å². The second-order valence-corrected chi connectivity index (χ2v) is 15.1. The predicted octanol–water partition coefficient (Wildman–Crippen LogP) is 6.27. The summed E-state index contributed by atoms with van der Waals surface area (Å²) in [4.78, 5) is 0. The SMILES string of the molecule is CCOP(=O)(OCC)O[C@@H]1C[C@@H](c2ccccc2)O[C]1CO[Si](C)(C)C(C)(C)C. The zero-order valence-corrected chi connectivity index (χ0v) is 20.7. The highest BCUT2D eigenvalue weighted by atomic mass is 31.2. The fourth-order valence-corrected chi connectivity index (χ4v) is 5.05. The van der Waals surface area contributed by atoms with Crippen molar-refractivity contribution in [3.8, 4) is 0 Å². The van der Waals surface area contributed by atoms with E-state index in [0.717, 1.165) is 5.56 Å². The van der Waals surface area contributed by atoms with E-state index in [1.165, 1.54) is 0 Å². The van der Waals surface area contributed by atoms with Crippen LogP contribution in [0.1, 0.15) is 52.7 Å². The van der Waals surface area contributed by atoms with E-state index in [2.05, 4.69) is 33.9 Å². The zero-order chi connectivity index (χ0) is 21.7. The number of hydrogen-bond donors (Lipinski definition) is 0. The summed E-state index contributed by atoms with van der Waals surface area (Å²) in [7, 11) is -5.65. The average molecular weight is 444 g/mol. The monoisotopic (exact) mass is 443 g/mol. The number of ether oxygens (including phenoxy) is 1. The van der Waals surface area contributed by atoms with Crippen molar-refractivity contribution in [3.05, 3.63) is 42.0 Å². The molecule has 165 valence electrons. The first-order valence-electron chi connectivity index (χ1n) is 10.3. The molecule has 0 unspecified atom stereocenters. The van der Waals surface area contributed by atoms with Gasteiger partial charge in [-0.2, -0.15) is 0 Å². The van der Waals surface area contributed by atoms with Gasteiger partial charge in [-0.3, -0.25) is 13.6 Å². The number of phosphoric ester groups is 1. The van der Waals surface area contributed by atoms with E-state index in [9.17, 15) is 4.57 Å². The minimum Gasteiger partial charge on any atom is -0.414 e. The summed E-state index contributed by atoms with van der Waals surface area (Å²) in [6, 6.07) is 9.96. The van der Waals surface area contributed by atoms with Crippen LogP contribution in [0, 0.1) is 6.10 Å². The maximum absolute atomic E-state index is 13.0. The van der Waals surface area contributed by atoms with Crippen LogP contribution in [0.3, 0.4) is 0 Å². The molecule has 0 amide bonds. The first kappa shape index (κ1) is 24.7. The number of phosphoric acid groups is 1. The molecule has 1 aliphatic heterocycles. The van der Waals surface area contributed by atoms with Gasteiger partial charge in [-0.15, -0.1) is 0 Å². The van der Waals surface area contributed by atoms with E-state index in [4.69, 9.17) is 22.7 Å². The van der Waals surface area contributed by atoms with Gasteiger partial charge in [0.2, 0.25) is 0 Å². The molecule has 0 bridgehead atoms. The molecule has 6 nitrogen and oxygen atoms in total. The molecule has 1 aromatic rings. The summed E-state index contributed by atoms with van der Waals surface area (Å²) in [5.74, 6) is 0. The molecule has 1 aliphatic rings. The quantitative estimate of drug-likeness (QED) is 0.314. The van der Waals surface area contributed by atoms with Gasteiger partial charge < -0.3 is 9.16 Å². The molecule has 0 aliphatic carbocycles. The van der Waals surface area contributed by atoms with Crippen LogP contribution in [-0.2, 0) is 27.3 Å². The Kier molecular flexibility index (Phi) is 8.69. The standard InChI is InChI=1S/C21H36O6PSi/c1-8-23-28(22,24-9-2)27-19-15-18(17-13-11-10-12-14-17)26-20(19)16-25-29(6,7)21(3,4)5/h10-14,18-19H,8-9,15-16H2,1-7H3/t18-,19+/m0/s1. The lowest BCUT2D eigenvalue weighted by Gasteiger charge is -2.37. The molecule has 29 heavy (non-hydrogen) atoms. The van der Waals surface area contributed by atoms with E-state index >= 15 is 0 Å². The van der Waals surface area contributed by atoms with Crippen molar-refractivity contribution in [2.75, 3.05) is 19.8 Å². The first-order valence-corrected chi connectivity index (χ1v) is 14.7. The molecule has 2 atom stereocenters. The van der Waals surface area contributed by atoms with Crippen LogP contribution in [-0.4, -0.2) is 34.2 Å². The molecule has 1 radical (unpaired) electrons. The van der Waals surface area contributed by atoms with Crippen LogP contribution in [0.25, 0.3) is 0 Å². The van der Waals surface area contributed by atoms with Gasteiger partial charge in [0.05, 0.1) is 25.9 Å². The van der Waals surface area contributed by atoms with Crippen molar-refractivity contribution in [2.45, 2.75) is 71.4 Å². The molecule has 2 rings (SSSR count). The van der Waals surface area contributed by atoms with Gasteiger partial charge in [0, 0.05) is 6.42 Å². The molecule has 1 aromatic carbocycles. The lowest BCUT2D eigenvalue weighted by atomic mass is 10.1. The molecule has 0 N–H and O–H groups in total. The Balaban J connectivity index is 2.18. The Bertz CT molecular complexity index is 665. The van der Waals surface area contributed by atoms with E-state index in [0.29, 0.717) is 19.1 Å². The van der Waals surface area contributed by atoms with E-state index in [1.54, 1.807) is 13.8 Å². The molecule has 0 spiro atoms. The summed E-state index contributed by atoms with van der Waals surface area (Å²) >= 11 is 0. The number of benzene rings is 1. The van der Waals surface area contributed by atoms with Crippen molar-refractivity contribution in [2.24, 2.45) is 0 Å². The molecule has 1 fully saturated rings. The minimum atomic E-state index is -3.67. The van der Waals surface area contributed by atoms with Gasteiger partial charge in [-0.1, -0.05) is 51.1 Å². The fraction of sp³-hybridized carbons (Fsp3) is 0.667. The third-order valence-electron chi connectivity index (χ3n) is 5.46. The van der Waals surface area contributed by atoms with Gasteiger partial charge in [0.15, 0.2) is 14.4 Å². The third kappa shape index (κ3) is 6.73. The maximum Gasteiger partial charge on any atom is 0.475 e. The van der Waals surface area contributed by atoms with E-state index < -0.39 is 22.2 Å². The fourth-order valence-electron chi connectivity index (χ4n) is 2.77. The molecular weight excluding hydrogens is 407 g/mol. The zero-order valence-electron chi connectivity index (χ0n) is 18.8. The minimum absolute atomic E-state index is 0.0767. The van der Waals surface area contributed by atoms with E-state index in [-0.39, 0.29) is 24.4 Å². The van der Waals surface area contributed by atoms with Crippen LogP contribution in [0.4, 0.5) is 0 Å². The molecule has 1 heterocycles. The lowest BCUT2D eigenvalue weighted by molar-refractivity contribution is 0.0449. The van der Waals surface area contributed by atoms with Gasteiger partial charge in [-0.25, -0.2) is 4.57 Å². The lowest BCUT2D eigenvalue weighted by Crippen LogP contribution is -2.42. The smallest absolute Gasteiger partial charge is 0.414 e. The van der Waals surface area contributed by atoms with Crippen molar-refractivity contribution in [1.29, 1.82) is 0 Å². The highest BCUT2D eigenvalue weighted by Crippen LogP contribution is 2.54. The molecule has 0 aromatic heterocycles. The second kappa shape index (κ2) is 10.2. The summed E-state index contributed by atoms with van der Waals surface area (Å²) in [6.07, 6.45) is 0.470. The Morgan fingerprint density at radius 3 is 2.21 bits per heavy atom.